The van der Waals surface area contributed by atoms with Crippen LogP contribution in [0.3, 0.4) is 0 Å². The van der Waals surface area contributed by atoms with Crippen LogP contribution in [0.5, 0.6) is 0 Å². The molecule has 0 unspecified atom stereocenters. The minimum Gasteiger partial charge on any atom is -0.460 e. The molecule has 7 heteroatoms. The van der Waals surface area contributed by atoms with E-state index in [-0.39, 0.29) is 29.9 Å². The first-order valence-corrected chi connectivity index (χ1v) is 7.09. The van der Waals surface area contributed by atoms with Crippen LogP contribution in [0.2, 0.25) is 0 Å². The average molecular weight is 415 g/mol. The normalized spacial score (nSPS) is 11.7. The van der Waals surface area contributed by atoms with E-state index in [9.17, 15) is 4.79 Å². The number of aliphatic imine (C=N–C) groups is 1. The lowest BCUT2D eigenvalue weighted by Gasteiger charge is -2.19. The number of guanidine groups is 1. The van der Waals surface area contributed by atoms with E-state index in [2.05, 4.69) is 10.3 Å². The molecule has 0 saturated heterocycles. The van der Waals surface area contributed by atoms with E-state index in [4.69, 9.17) is 15.2 Å². The second-order valence-electron chi connectivity index (χ2n) is 5.58. The molecule has 0 aliphatic rings. The Labute approximate surface area is 145 Å². The molecule has 0 aliphatic heterocycles. The number of esters is 1. The number of nitrogens with one attached hydrogen (secondary N) is 1. The number of nitrogens with two attached hydrogens (primary N) is 1. The van der Waals surface area contributed by atoms with E-state index in [0.717, 1.165) is 19.3 Å². The number of hydrogen-bond acceptors (Lipinski definition) is 4. The third-order valence-electron chi connectivity index (χ3n) is 2.35. The first kappa shape index (κ1) is 22.7. The third kappa shape index (κ3) is 17.4. The van der Waals surface area contributed by atoms with Crippen molar-refractivity contribution < 1.29 is 14.3 Å². The lowest BCUT2D eigenvalue weighted by Crippen LogP contribution is -2.34. The highest BCUT2D eigenvalue weighted by molar-refractivity contribution is 14.0. The van der Waals surface area contributed by atoms with Gasteiger partial charge < -0.3 is 20.5 Å². The van der Waals surface area contributed by atoms with Gasteiger partial charge in [0, 0.05) is 26.6 Å². The molecule has 3 N–H and O–H groups in total. The van der Waals surface area contributed by atoms with Crippen molar-refractivity contribution in [1.29, 1.82) is 0 Å². The Hall–Kier alpha value is -0.570. The lowest BCUT2D eigenvalue weighted by atomic mass is 10.1. The topological polar surface area (TPSA) is 85.9 Å². The fourth-order valence-corrected chi connectivity index (χ4v) is 1.49. The lowest BCUT2D eigenvalue weighted by molar-refractivity contribution is -0.154. The van der Waals surface area contributed by atoms with E-state index in [0.29, 0.717) is 32.1 Å². The second-order valence-corrected chi connectivity index (χ2v) is 5.58. The fourth-order valence-electron chi connectivity index (χ4n) is 1.49. The molecule has 0 heterocycles. The van der Waals surface area contributed by atoms with Crippen LogP contribution in [0.25, 0.3) is 0 Å². The highest BCUT2D eigenvalue weighted by Gasteiger charge is 2.15. The largest absolute Gasteiger partial charge is 0.460 e. The van der Waals surface area contributed by atoms with Crippen molar-refractivity contribution in [3.8, 4) is 0 Å². The first-order chi connectivity index (χ1) is 9.35. The second kappa shape index (κ2) is 13.1. The smallest absolute Gasteiger partial charge is 0.306 e. The standard InChI is InChI=1S/C14H29N3O3.HI/c1-14(2,3)20-12(18)8-6-5-7-9-16-13(15)17-10-11-19-4;/h5-11H2,1-4H3,(H3,15,16,17);1H. The van der Waals surface area contributed by atoms with Crippen LogP contribution >= 0.6 is 24.0 Å². The number of rotatable bonds is 9. The molecule has 0 aromatic rings. The van der Waals surface area contributed by atoms with Gasteiger partial charge in [-0.3, -0.25) is 9.79 Å². The number of unbranched alkanes of at least 4 members (excludes halogenated alkanes) is 2. The van der Waals surface area contributed by atoms with Crippen LogP contribution in [0, 0.1) is 0 Å². The molecule has 0 amide bonds. The number of carbonyl (C=O) groups is 1. The zero-order valence-corrected chi connectivity index (χ0v) is 15.9. The fraction of sp³-hybridized carbons (Fsp3) is 0.857. The van der Waals surface area contributed by atoms with Crippen molar-refractivity contribution in [2.24, 2.45) is 10.7 Å². The van der Waals surface area contributed by atoms with Crippen molar-refractivity contribution in [2.45, 2.75) is 52.1 Å². The molecular weight excluding hydrogens is 385 g/mol. The number of ether oxygens (including phenoxy) is 2. The van der Waals surface area contributed by atoms with Crippen molar-refractivity contribution in [3.63, 3.8) is 0 Å². The van der Waals surface area contributed by atoms with Crippen LogP contribution in [-0.2, 0) is 14.3 Å². The average Bonchev–Trinajstić information content (AvgIpc) is 2.31. The Morgan fingerprint density at radius 1 is 1.24 bits per heavy atom. The Kier molecular flexibility index (Phi) is 14.2. The predicted octanol–water partition coefficient (Wildman–Crippen LogP) is 2.06. The molecule has 0 fully saturated rings. The van der Waals surface area contributed by atoms with Gasteiger partial charge in [-0.25, -0.2) is 0 Å². The number of halogens is 1. The minimum atomic E-state index is -0.399. The van der Waals surface area contributed by atoms with Crippen LogP contribution in [0.15, 0.2) is 4.99 Å². The molecule has 0 aromatic carbocycles. The van der Waals surface area contributed by atoms with Gasteiger partial charge in [0.2, 0.25) is 0 Å². The summed E-state index contributed by atoms with van der Waals surface area (Å²) in [6, 6.07) is 0. The summed E-state index contributed by atoms with van der Waals surface area (Å²) in [5.41, 5.74) is 5.26. The highest BCUT2D eigenvalue weighted by atomic mass is 127. The summed E-state index contributed by atoms with van der Waals surface area (Å²) in [6.45, 7) is 7.55. The summed E-state index contributed by atoms with van der Waals surface area (Å²) in [7, 11) is 1.64. The van der Waals surface area contributed by atoms with Crippen LogP contribution in [0.4, 0.5) is 0 Å². The zero-order chi connectivity index (χ0) is 15.4. The van der Waals surface area contributed by atoms with Gasteiger partial charge in [-0.2, -0.15) is 0 Å². The van der Waals surface area contributed by atoms with Gasteiger partial charge in [0.15, 0.2) is 5.96 Å². The van der Waals surface area contributed by atoms with Crippen molar-refractivity contribution >= 4 is 35.9 Å². The summed E-state index contributed by atoms with van der Waals surface area (Å²) in [5, 5.41) is 2.95. The molecule has 0 aliphatic carbocycles. The van der Waals surface area contributed by atoms with Gasteiger partial charge in [-0.05, 0) is 33.6 Å². The SMILES string of the molecule is COCCNC(N)=NCCCCCC(=O)OC(C)(C)C.I. The maximum atomic E-state index is 11.5. The maximum absolute atomic E-state index is 11.5. The zero-order valence-electron chi connectivity index (χ0n) is 13.6. The summed E-state index contributed by atoms with van der Waals surface area (Å²) < 4.78 is 10.1. The monoisotopic (exact) mass is 415 g/mol. The predicted molar refractivity (Wildman–Crippen MR) is 96.1 cm³/mol. The molecule has 0 radical (unpaired) electrons. The number of methoxy groups -OCH3 is 1. The Bertz CT molecular complexity index is 304. The minimum absolute atomic E-state index is 0. The molecule has 6 nitrogen and oxygen atoms in total. The van der Waals surface area contributed by atoms with Crippen LogP contribution in [-0.4, -0.2) is 44.3 Å². The van der Waals surface area contributed by atoms with Gasteiger partial charge in [0.25, 0.3) is 0 Å². The van der Waals surface area contributed by atoms with Crippen molar-refractivity contribution in [3.05, 3.63) is 0 Å². The number of nitrogens with zero attached hydrogens (tertiary/aromatic N) is 1. The molecule has 0 atom stereocenters. The van der Waals surface area contributed by atoms with E-state index >= 15 is 0 Å². The maximum Gasteiger partial charge on any atom is 0.306 e. The molecule has 0 spiro atoms. The molecule has 126 valence electrons. The molecule has 0 aromatic heterocycles. The van der Waals surface area contributed by atoms with Gasteiger partial charge in [0.1, 0.15) is 5.60 Å². The molecule has 0 bridgehead atoms. The highest BCUT2D eigenvalue weighted by Crippen LogP contribution is 2.10. The Morgan fingerprint density at radius 2 is 1.90 bits per heavy atom. The van der Waals surface area contributed by atoms with E-state index < -0.39 is 5.60 Å². The van der Waals surface area contributed by atoms with Crippen molar-refractivity contribution in [1.82, 2.24) is 5.32 Å². The van der Waals surface area contributed by atoms with E-state index in [1.165, 1.54) is 0 Å². The molecule has 21 heavy (non-hydrogen) atoms. The van der Waals surface area contributed by atoms with E-state index in [1.807, 2.05) is 20.8 Å². The Balaban J connectivity index is 0. The first-order valence-electron chi connectivity index (χ1n) is 7.09. The number of hydrogen-bond donors (Lipinski definition) is 2. The molecule has 0 saturated carbocycles. The van der Waals surface area contributed by atoms with Gasteiger partial charge in [-0.1, -0.05) is 6.42 Å². The summed E-state index contributed by atoms with van der Waals surface area (Å²) in [4.78, 5) is 15.6. The molecule has 0 rings (SSSR count). The summed E-state index contributed by atoms with van der Waals surface area (Å²) in [6.07, 6.45) is 3.13. The van der Waals surface area contributed by atoms with Crippen LogP contribution in [0.1, 0.15) is 46.5 Å². The van der Waals surface area contributed by atoms with Gasteiger partial charge in [0.05, 0.1) is 6.61 Å². The quantitative estimate of drug-likeness (QED) is 0.198. The summed E-state index contributed by atoms with van der Waals surface area (Å²) in [5.74, 6) is 0.302. The van der Waals surface area contributed by atoms with Crippen molar-refractivity contribution in [2.75, 3.05) is 26.8 Å². The van der Waals surface area contributed by atoms with Gasteiger partial charge >= 0.3 is 5.97 Å². The molecular formula is C14H30IN3O3. The Morgan fingerprint density at radius 3 is 2.48 bits per heavy atom. The third-order valence-corrected chi connectivity index (χ3v) is 2.35. The van der Waals surface area contributed by atoms with Gasteiger partial charge in [-0.15, -0.1) is 24.0 Å². The van der Waals surface area contributed by atoms with E-state index in [1.54, 1.807) is 7.11 Å². The van der Waals surface area contributed by atoms with Crippen LogP contribution < -0.4 is 11.1 Å². The summed E-state index contributed by atoms with van der Waals surface area (Å²) >= 11 is 0. The number of carbonyl (C=O) groups excluding carboxylic acids is 1.